The van der Waals surface area contributed by atoms with Gasteiger partial charge in [-0.2, -0.15) is 13.5 Å². The number of nitrogen functional groups attached to an aromatic ring is 2. The highest BCUT2D eigenvalue weighted by atomic mass is 32.3. The van der Waals surface area contributed by atoms with E-state index < -0.39 is 32.6 Å². The quantitative estimate of drug-likeness (QED) is 0.351. The van der Waals surface area contributed by atoms with Crippen molar-refractivity contribution < 1.29 is 25.6 Å². The van der Waals surface area contributed by atoms with Gasteiger partial charge >= 0.3 is 10.4 Å². The van der Waals surface area contributed by atoms with Crippen molar-refractivity contribution in [3.05, 3.63) is 42.0 Å². The van der Waals surface area contributed by atoms with Crippen molar-refractivity contribution in [1.29, 1.82) is 0 Å². The van der Waals surface area contributed by atoms with Gasteiger partial charge < -0.3 is 11.5 Å². The molecule has 0 amide bonds. The summed E-state index contributed by atoms with van der Waals surface area (Å²) in [5.41, 5.74) is 14.1. The van der Waals surface area contributed by atoms with Crippen LogP contribution in [-0.4, -0.2) is 33.7 Å². The number of hydrogen-bond acceptors (Lipinski definition) is 9. The standard InChI is InChI=1S/C15H18N4O6S2/c1-10-13(16)6-7-14(15(10)17)19-18-11-2-4-12(5-3-11)26(20,21)9-8-25-27(22,23)24/h2-7H,8-9,16-17H2,1H3,(H,22,23,24). The summed E-state index contributed by atoms with van der Waals surface area (Å²) >= 11 is 0. The van der Waals surface area contributed by atoms with Gasteiger partial charge in [0.15, 0.2) is 9.84 Å². The van der Waals surface area contributed by atoms with Crippen molar-refractivity contribution in [2.75, 3.05) is 23.8 Å². The van der Waals surface area contributed by atoms with Crippen molar-refractivity contribution in [2.45, 2.75) is 11.8 Å². The normalized spacial score (nSPS) is 12.5. The molecule has 2 aromatic rings. The number of rotatable bonds is 7. The maximum atomic E-state index is 12.1. The zero-order chi connectivity index (χ0) is 20.2. The van der Waals surface area contributed by atoms with Crippen molar-refractivity contribution in [3.8, 4) is 0 Å². The number of sulfone groups is 1. The lowest BCUT2D eigenvalue weighted by atomic mass is 10.1. The Kier molecular flexibility index (Phi) is 6.15. The van der Waals surface area contributed by atoms with E-state index in [1.807, 2.05) is 0 Å². The van der Waals surface area contributed by atoms with Gasteiger partial charge in [-0.15, -0.1) is 5.11 Å². The molecule has 0 fully saturated rings. The van der Waals surface area contributed by atoms with Gasteiger partial charge in [0.05, 0.1) is 28.6 Å². The van der Waals surface area contributed by atoms with Crippen LogP contribution < -0.4 is 11.5 Å². The van der Waals surface area contributed by atoms with Gasteiger partial charge in [-0.05, 0) is 48.9 Å². The maximum Gasteiger partial charge on any atom is 0.397 e. The van der Waals surface area contributed by atoms with Gasteiger partial charge in [0.1, 0.15) is 5.69 Å². The predicted molar refractivity (Wildman–Crippen MR) is 100 cm³/mol. The summed E-state index contributed by atoms with van der Waals surface area (Å²) in [6.07, 6.45) is 0. The summed E-state index contributed by atoms with van der Waals surface area (Å²) in [6, 6.07) is 8.74. The van der Waals surface area contributed by atoms with Crippen LogP contribution in [0.3, 0.4) is 0 Å². The summed E-state index contributed by atoms with van der Waals surface area (Å²) in [6.45, 7) is 1.06. The molecule has 0 bridgehead atoms. The van der Waals surface area contributed by atoms with Crippen LogP contribution in [0.1, 0.15) is 5.56 Å². The van der Waals surface area contributed by atoms with E-state index in [9.17, 15) is 16.8 Å². The largest absolute Gasteiger partial charge is 0.398 e. The highest BCUT2D eigenvalue weighted by Crippen LogP contribution is 2.30. The fourth-order valence-corrected chi connectivity index (χ4v) is 3.51. The zero-order valence-corrected chi connectivity index (χ0v) is 15.9. The maximum absolute atomic E-state index is 12.1. The summed E-state index contributed by atoms with van der Waals surface area (Å²) in [5, 5.41) is 8.02. The van der Waals surface area contributed by atoms with Gasteiger partial charge in [-0.3, -0.25) is 4.55 Å². The minimum absolute atomic E-state index is 0.0526. The molecule has 10 nitrogen and oxygen atoms in total. The molecule has 0 aliphatic carbocycles. The SMILES string of the molecule is Cc1c(N)ccc(N=Nc2ccc(S(=O)(=O)CCOS(=O)(=O)O)cc2)c1N. The minimum Gasteiger partial charge on any atom is -0.398 e. The molecular formula is C15H18N4O6S2. The van der Waals surface area contributed by atoms with Crippen LogP contribution in [0.4, 0.5) is 22.7 Å². The second-order valence-corrected chi connectivity index (χ2v) is 8.68. The average molecular weight is 414 g/mol. The lowest BCUT2D eigenvalue weighted by Gasteiger charge is -2.06. The molecule has 0 heterocycles. The number of azo groups is 1. The molecule has 0 aliphatic rings. The van der Waals surface area contributed by atoms with Gasteiger partial charge in [-0.1, -0.05) is 0 Å². The Bertz CT molecular complexity index is 1060. The van der Waals surface area contributed by atoms with E-state index in [0.717, 1.165) is 0 Å². The van der Waals surface area contributed by atoms with E-state index in [2.05, 4.69) is 14.4 Å². The van der Waals surface area contributed by atoms with Crippen LogP contribution >= 0.6 is 0 Å². The van der Waals surface area contributed by atoms with Crippen molar-refractivity contribution in [3.63, 3.8) is 0 Å². The van der Waals surface area contributed by atoms with E-state index in [1.165, 1.54) is 24.3 Å². The van der Waals surface area contributed by atoms with E-state index in [1.54, 1.807) is 19.1 Å². The lowest BCUT2D eigenvalue weighted by Crippen LogP contribution is -2.15. The van der Waals surface area contributed by atoms with Gasteiger partial charge in [-0.25, -0.2) is 12.6 Å². The Morgan fingerprint density at radius 2 is 1.63 bits per heavy atom. The zero-order valence-electron chi connectivity index (χ0n) is 14.2. The van der Waals surface area contributed by atoms with Crippen LogP contribution in [-0.2, 0) is 24.4 Å². The number of hydrogen-bond donors (Lipinski definition) is 3. The molecule has 0 saturated carbocycles. The fraction of sp³-hybridized carbons (Fsp3) is 0.200. The Balaban J connectivity index is 2.12. The third-order valence-electron chi connectivity index (χ3n) is 3.59. The third kappa shape index (κ3) is 5.72. The lowest BCUT2D eigenvalue weighted by molar-refractivity contribution is 0.284. The first-order chi connectivity index (χ1) is 12.5. The minimum atomic E-state index is -4.69. The molecule has 0 saturated heterocycles. The van der Waals surface area contributed by atoms with Crippen LogP contribution in [0.15, 0.2) is 51.5 Å². The summed E-state index contributed by atoms with van der Waals surface area (Å²) in [5.74, 6) is -0.616. The molecule has 146 valence electrons. The van der Waals surface area contributed by atoms with Crippen molar-refractivity contribution in [1.82, 2.24) is 0 Å². The van der Waals surface area contributed by atoms with E-state index in [4.69, 9.17) is 16.0 Å². The molecular weight excluding hydrogens is 396 g/mol. The molecule has 27 heavy (non-hydrogen) atoms. The average Bonchev–Trinajstić information content (AvgIpc) is 2.58. The first-order valence-corrected chi connectivity index (χ1v) is 10.5. The number of nitrogens with zero attached hydrogens (tertiary/aromatic N) is 2. The number of benzene rings is 2. The molecule has 0 atom stereocenters. The van der Waals surface area contributed by atoms with Crippen molar-refractivity contribution in [2.24, 2.45) is 10.2 Å². The topological polar surface area (TPSA) is 174 Å². The van der Waals surface area contributed by atoms with Crippen LogP contribution in [0.5, 0.6) is 0 Å². The molecule has 0 spiro atoms. The molecule has 2 aromatic carbocycles. The Hall–Kier alpha value is -2.54. The molecule has 0 aromatic heterocycles. The van der Waals surface area contributed by atoms with E-state index >= 15 is 0 Å². The summed E-state index contributed by atoms with van der Waals surface area (Å²) in [4.78, 5) is -0.0526. The molecule has 5 N–H and O–H groups in total. The van der Waals surface area contributed by atoms with Gasteiger partial charge in [0.25, 0.3) is 0 Å². The fourth-order valence-electron chi connectivity index (χ4n) is 2.02. The van der Waals surface area contributed by atoms with Gasteiger partial charge in [0.2, 0.25) is 0 Å². The van der Waals surface area contributed by atoms with E-state index in [0.29, 0.717) is 28.3 Å². The molecule has 0 aliphatic heterocycles. The predicted octanol–water partition coefficient (Wildman–Crippen LogP) is 2.17. The summed E-state index contributed by atoms with van der Waals surface area (Å²) in [7, 11) is -8.48. The van der Waals surface area contributed by atoms with Crippen LogP contribution in [0.2, 0.25) is 0 Å². The van der Waals surface area contributed by atoms with Crippen molar-refractivity contribution >= 4 is 43.0 Å². The highest BCUT2D eigenvalue weighted by Gasteiger charge is 2.16. The molecule has 0 radical (unpaired) electrons. The van der Waals surface area contributed by atoms with Crippen LogP contribution in [0.25, 0.3) is 0 Å². The van der Waals surface area contributed by atoms with Gasteiger partial charge in [0, 0.05) is 5.69 Å². The van der Waals surface area contributed by atoms with Crippen LogP contribution in [0, 0.1) is 6.92 Å². The molecule has 2 rings (SSSR count). The third-order valence-corrected chi connectivity index (χ3v) is 5.75. The second-order valence-electron chi connectivity index (χ2n) is 5.48. The Labute approximate surface area is 156 Å². The first-order valence-electron chi connectivity index (χ1n) is 7.50. The monoisotopic (exact) mass is 414 g/mol. The number of nitrogens with two attached hydrogens (primary N) is 2. The highest BCUT2D eigenvalue weighted by molar-refractivity contribution is 7.91. The Morgan fingerprint density at radius 3 is 2.22 bits per heavy atom. The smallest absolute Gasteiger partial charge is 0.397 e. The first kappa shape index (κ1) is 20.8. The Morgan fingerprint density at radius 1 is 1.00 bits per heavy atom. The summed E-state index contributed by atoms with van der Waals surface area (Å²) < 4.78 is 57.5. The molecule has 12 heteroatoms. The van der Waals surface area contributed by atoms with E-state index in [-0.39, 0.29) is 4.90 Å². The second kappa shape index (κ2) is 8.00. The number of anilines is 2. The molecule has 0 unspecified atom stereocenters.